The first-order valence-electron chi connectivity index (χ1n) is 16.7. The van der Waals surface area contributed by atoms with E-state index in [9.17, 15) is 0 Å². The Kier molecular flexibility index (Phi) is 7.09. The monoisotopic (exact) mass is 635 g/mol. The molecular formula is C44H33N3O2. The minimum Gasteiger partial charge on any atom is -0.375 e. The van der Waals surface area contributed by atoms with Crippen LogP contribution in [0.15, 0.2) is 164 Å². The zero-order valence-electron chi connectivity index (χ0n) is 27.0. The SMILES string of the molecule is CCc1ccc(C(c2ccc(On3c4ccccc4c4ccccc43)cc2)c2ccc(On3c4ccccc4c4ccccc43)cc2)nc1. The molecule has 0 aliphatic carbocycles. The van der Waals surface area contributed by atoms with Gasteiger partial charge in [-0.15, -0.1) is 0 Å². The van der Waals surface area contributed by atoms with Crippen molar-refractivity contribution in [2.24, 2.45) is 0 Å². The van der Waals surface area contributed by atoms with E-state index in [1.807, 2.05) is 64.2 Å². The normalized spacial score (nSPS) is 11.6. The molecule has 0 bridgehead atoms. The lowest BCUT2D eigenvalue weighted by Gasteiger charge is -2.19. The lowest BCUT2D eigenvalue weighted by atomic mass is 9.88. The van der Waals surface area contributed by atoms with E-state index in [4.69, 9.17) is 14.7 Å². The Labute approximate surface area is 284 Å². The molecule has 0 radical (unpaired) electrons. The number of para-hydroxylation sites is 4. The number of aromatic nitrogens is 3. The lowest BCUT2D eigenvalue weighted by molar-refractivity contribution is 0.241. The molecule has 0 unspecified atom stereocenters. The summed E-state index contributed by atoms with van der Waals surface area (Å²) in [5, 5.41) is 4.67. The molecule has 0 aliphatic heterocycles. The molecule has 0 saturated carbocycles. The maximum atomic E-state index is 6.53. The van der Waals surface area contributed by atoms with Gasteiger partial charge in [-0.1, -0.05) is 110 Å². The highest BCUT2D eigenvalue weighted by molar-refractivity contribution is 6.08. The molecule has 49 heavy (non-hydrogen) atoms. The van der Waals surface area contributed by atoms with Gasteiger partial charge in [0.15, 0.2) is 11.5 Å². The van der Waals surface area contributed by atoms with Crippen LogP contribution in [0.2, 0.25) is 0 Å². The molecule has 5 heteroatoms. The molecule has 0 fully saturated rings. The number of hydrogen-bond donors (Lipinski definition) is 0. The predicted octanol–water partition coefficient (Wildman–Crippen LogP) is 10.7. The molecule has 0 spiro atoms. The van der Waals surface area contributed by atoms with Crippen molar-refractivity contribution in [3.05, 3.63) is 186 Å². The number of pyridine rings is 1. The maximum Gasteiger partial charge on any atom is 0.155 e. The van der Waals surface area contributed by atoms with E-state index in [0.29, 0.717) is 0 Å². The molecule has 3 aromatic heterocycles. The van der Waals surface area contributed by atoms with Gasteiger partial charge in [-0.25, -0.2) is 0 Å². The Morgan fingerprint density at radius 1 is 0.469 bits per heavy atom. The lowest BCUT2D eigenvalue weighted by Crippen LogP contribution is -2.08. The number of benzene rings is 6. The van der Waals surface area contributed by atoms with Gasteiger partial charge in [0, 0.05) is 27.7 Å². The molecule has 9 rings (SSSR count). The van der Waals surface area contributed by atoms with Gasteiger partial charge in [0.25, 0.3) is 0 Å². The fourth-order valence-corrected chi connectivity index (χ4v) is 6.97. The van der Waals surface area contributed by atoms with Gasteiger partial charge in [0.1, 0.15) is 0 Å². The summed E-state index contributed by atoms with van der Waals surface area (Å²) in [4.78, 5) is 18.0. The Bertz CT molecular complexity index is 2310. The van der Waals surface area contributed by atoms with Crippen molar-refractivity contribution in [2.45, 2.75) is 19.3 Å². The minimum absolute atomic E-state index is 0.0736. The fraction of sp³-hybridized carbons (Fsp3) is 0.0682. The summed E-state index contributed by atoms with van der Waals surface area (Å²) in [6.07, 6.45) is 2.93. The molecule has 5 nitrogen and oxygen atoms in total. The summed E-state index contributed by atoms with van der Waals surface area (Å²) in [5.74, 6) is 1.45. The third-order valence-corrected chi connectivity index (χ3v) is 9.44. The van der Waals surface area contributed by atoms with Crippen LogP contribution in [0, 0.1) is 0 Å². The highest BCUT2D eigenvalue weighted by Crippen LogP contribution is 2.35. The number of rotatable bonds is 8. The van der Waals surface area contributed by atoms with Gasteiger partial charge >= 0.3 is 0 Å². The van der Waals surface area contributed by atoms with Crippen molar-refractivity contribution in [1.29, 1.82) is 0 Å². The van der Waals surface area contributed by atoms with E-state index in [1.165, 1.54) is 27.1 Å². The van der Waals surface area contributed by atoms with Crippen LogP contribution in [0.5, 0.6) is 11.5 Å². The second-order valence-corrected chi connectivity index (χ2v) is 12.4. The number of hydrogen-bond acceptors (Lipinski definition) is 3. The van der Waals surface area contributed by atoms with Crippen molar-refractivity contribution in [1.82, 2.24) is 14.4 Å². The third kappa shape index (κ3) is 5.08. The van der Waals surface area contributed by atoms with Crippen LogP contribution in [0.4, 0.5) is 0 Å². The van der Waals surface area contributed by atoms with Crippen molar-refractivity contribution in [2.75, 3.05) is 0 Å². The molecule has 0 saturated heterocycles. The molecule has 6 aromatic carbocycles. The fourth-order valence-electron chi connectivity index (χ4n) is 6.97. The first kappa shape index (κ1) is 28.9. The molecule has 0 atom stereocenters. The Morgan fingerprint density at radius 2 is 0.857 bits per heavy atom. The Balaban J connectivity index is 1.06. The standard InChI is InChI=1S/C44H33N3O2/c1-2-30-19-28-39(45-29-30)44(31-20-24-33(25-21-31)48-46-40-15-7-3-11-35(40)36-12-4-8-16-41(36)46)32-22-26-34(27-23-32)49-47-42-17-9-5-13-37(42)38-14-6-10-18-43(38)47/h3-29,44H,2H2,1H3. The van der Waals surface area contributed by atoms with E-state index in [1.54, 1.807) is 0 Å². The molecule has 236 valence electrons. The number of nitrogens with zero attached hydrogens (tertiary/aromatic N) is 3. The molecule has 0 aliphatic rings. The third-order valence-electron chi connectivity index (χ3n) is 9.44. The van der Waals surface area contributed by atoms with Crippen LogP contribution in [-0.2, 0) is 6.42 Å². The van der Waals surface area contributed by atoms with Crippen LogP contribution >= 0.6 is 0 Å². The number of fused-ring (bicyclic) bond motifs is 6. The van der Waals surface area contributed by atoms with Crippen LogP contribution in [-0.4, -0.2) is 14.4 Å². The topological polar surface area (TPSA) is 41.2 Å². The van der Waals surface area contributed by atoms with Gasteiger partial charge in [0.2, 0.25) is 0 Å². The average molecular weight is 636 g/mol. The van der Waals surface area contributed by atoms with Gasteiger partial charge in [-0.2, -0.15) is 9.46 Å². The van der Waals surface area contributed by atoms with Crippen molar-refractivity contribution in [3.8, 4) is 11.5 Å². The maximum absolute atomic E-state index is 6.53. The highest BCUT2D eigenvalue weighted by atomic mass is 16.7. The second kappa shape index (κ2) is 12.0. The van der Waals surface area contributed by atoms with Crippen molar-refractivity contribution in [3.63, 3.8) is 0 Å². The average Bonchev–Trinajstić information content (AvgIpc) is 3.66. The van der Waals surface area contributed by atoms with E-state index < -0.39 is 0 Å². The zero-order valence-corrected chi connectivity index (χ0v) is 27.0. The van der Waals surface area contributed by atoms with Crippen LogP contribution in [0.25, 0.3) is 43.6 Å². The minimum atomic E-state index is -0.0736. The highest BCUT2D eigenvalue weighted by Gasteiger charge is 2.20. The first-order valence-corrected chi connectivity index (χ1v) is 16.7. The van der Waals surface area contributed by atoms with Gasteiger partial charge in [-0.3, -0.25) is 4.98 Å². The molecule has 0 N–H and O–H groups in total. The largest absolute Gasteiger partial charge is 0.375 e. The van der Waals surface area contributed by atoms with Gasteiger partial charge in [0.05, 0.1) is 33.7 Å². The first-order chi connectivity index (χ1) is 24.2. The van der Waals surface area contributed by atoms with Gasteiger partial charge < -0.3 is 9.68 Å². The summed E-state index contributed by atoms with van der Waals surface area (Å²) in [5.41, 5.74) is 8.60. The summed E-state index contributed by atoms with van der Waals surface area (Å²) >= 11 is 0. The quantitative estimate of drug-likeness (QED) is 0.167. The summed E-state index contributed by atoms with van der Waals surface area (Å²) < 4.78 is 3.86. The predicted molar refractivity (Wildman–Crippen MR) is 198 cm³/mol. The van der Waals surface area contributed by atoms with E-state index >= 15 is 0 Å². The smallest absolute Gasteiger partial charge is 0.155 e. The summed E-state index contributed by atoms with van der Waals surface area (Å²) in [6, 6.07) is 54.5. The van der Waals surface area contributed by atoms with Crippen LogP contribution in [0.1, 0.15) is 35.2 Å². The summed E-state index contributed by atoms with van der Waals surface area (Å²) in [7, 11) is 0. The van der Waals surface area contributed by atoms with E-state index in [2.05, 4.69) is 116 Å². The van der Waals surface area contributed by atoms with Crippen LogP contribution < -0.4 is 9.68 Å². The zero-order chi connectivity index (χ0) is 32.7. The Morgan fingerprint density at radius 3 is 1.20 bits per heavy atom. The van der Waals surface area contributed by atoms with Crippen LogP contribution in [0.3, 0.4) is 0 Å². The number of aryl methyl sites for hydroxylation is 1. The molecule has 3 heterocycles. The Hall–Kier alpha value is -6.33. The van der Waals surface area contributed by atoms with Crippen molar-refractivity contribution < 1.29 is 9.68 Å². The molecular weight excluding hydrogens is 603 g/mol. The second-order valence-electron chi connectivity index (χ2n) is 12.4. The van der Waals surface area contributed by atoms with E-state index in [-0.39, 0.29) is 5.92 Å². The summed E-state index contributed by atoms with van der Waals surface area (Å²) in [6.45, 7) is 2.15. The molecule has 9 aromatic rings. The van der Waals surface area contributed by atoms with Gasteiger partial charge in [-0.05, 0) is 77.7 Å². The van der Waals surface area contributed by atoms with Crippen molar-refractivity contribution >= 4 is 43.6 Å². The van der Waals surface area contributed by atoms with E-state index in [0.717, 1.165) is 56.8 Å². The molecule has 0 amide bonds.